The van der Waals surface area contributed by atoms with E-state index in [1.54, 1.807) is 36.4 Å². The third kappa shape index (κ3) is 4.42. The summed E-state index contributed by atoms with van der Waals surface area (Å²) in [4.78, 5) is 10.9. The third-order valence-electron chi connectivity index (χ3n) is 4.49. The van der Waals surface area contributed by atoms with Crippen molar-refractivity contribution >= 4 is 16.0 Å². The zero-order valence-corrected chi connectivity index (χ0v) is 15.0. The first-order chi connectivity index (χ1) is 12.5. The molecule has 0 bridgehead atoms. The van der Waals surface area contributed by atoms with E-state index in [0.717, 1.165) is 30.4 Å². The summed E-state index contributed by atoms with van der Waals surface area (Å²) in [5.74, 6) is -0.404. The van der Waals surface area contributed by atoms with E-state index in [9.17, 15) is 13.2 Å². The van der Waals surface area contributed by atoms with E-state index < -0.39 is 16.0 Å². The van der Waals surface area contributed by atoms with Gasteiger partial charge in [-0.2, -0.15) is 0 Å². The van der Waals surface area contributed by atoms with Crippen molar-refractivity contribution in [2.45, 2.75) is 30.1 Å². The Kier molecular flexibility index (Phi) is 5.58. The molecule has 0 radical (unpaired) electrons. The molecule has 2 N–H and O–H groups in total. The molecule has 6 nitrogen and oxygen atoms in total. The van der Waals surface area contributed by atoms with E-state index >= 15 is 0 Å². The maximum Gasteiger partial charge on any atom is 0.341 e. The summed E-state index contributed by atoms with van der Waals surface area (Å²) in [7, 11) is -3.53. The van der Waals surface area contributed by atoms with E-state index in [1.165, 1.54) is 0 Å². The van der Waals surface area contributed by atoms with Crippen LogP contribution in [0.3, 0.4) is 0 Å². The average Bonchev–Trinajstić information content (AvgIpc) is 2.65. The maximum absolute atomic E-state index is 12.4. The number of carbonyl (C=O) groups is 1. The molecule has 26 heavy (non-hydrogen) atoms. The molecule has 0 saturated carbocycles. The van der Waals surface area contributed by atoms with Gasteiger partial charge in [0.1, 0.15) is 5.75 Å². The minimum Gasteiger partial charge on any atom is -0.482 e. The number of benzene rings is 2. The number of aryl methyl sites for hydroxylation is 1. The maximum atomic E-state index is 12.4. The topological polar surface area (TPSA) is 92.7 Å². The number of nitrogens with one attached hydrogen (secondary N) is 1. The minimum absolute atomic E-state index is 0.0887. The molecule has 1 aliphatic carbocycles. The van der Waals surface area contributed by atoms with Crippen LogP contribution in [0.4, 0.5) is 0 Å². The Bertz CT molecular complexity index is 880. The van der Waals surface area contributed by atoms with Gasteiger partial charge in [0, 0.05) is 6.54 Å². The van der Waals surface area contributed by atoms with Gasteiger partial charge in [-0.25, -0.2) is 17.9 Å². The highest BCUT2D eigenvalue weighted by molar-refractivity contribution is 7.89. The second-order valence-corrected chi connectivity index (χ2v) is 8.06. The lowest BCUT2D eigenvalue weighted by Gasteiger charge is -2.26. The third-order valence-corrected chi connectivity index (χ3v) is 5.93. The second-order valence-electron chi connectivity index (χ2n) is 6.30. The number of ether oxygens (including phenoxy) is 1. The van der Waals surface area contributed by atoms with Crippen molar-refractivity contribution in [2.75, 3.05) is 13.2 Å². The van der Waals surface area contributed by atoms with Gasteiger partial charge in [-0.05, 0) is 60.6 Å². The van der Waals surface area contributed by atoms with Gasteiger partial charge in [0.2, 0.25) is 10.0 Å². The Hall–Kier alpha value is -2.38. The lowest BCUT2D eigenvalue weighted by atomic mass is 9.83. The number of fused-ring (bicyclic) bond motifs is 1. The lowest BCUT2D eigenvalue weighted by Crippen LogP contribution is -2.30. The van der Waals surface area contributed by atoms with E-state index in [2.05, 4.69) is 4.72 Å². The molecule has 0 heterocycles. The summed E-state index contributed by atoms with van der Waals surface area (Å²) in [6, 6.07) is 13.8. The summed E-state index contributed by atoms with van der Waals surface area (Å²) < 4.78 is 32.7. The normalized spacial score (nSPS) is 16.7. The van der Waals surface area contributed by atoms with Crippen LogP contribution in [0.2, 0.25) is 0 Å². The van der Waals surface area contributed by atoms with E-state index in [4.69, 9.17) is 9.84 Å². The fraction of sp³-hybridized carbons (Fsp3) is 0.316. The number of hydrogen-bond donors (Lipinski definition) is 2. The largest absolute Gasteiger partial charge is 0.482 e. The van der Waals surface area contributed by atoms with E-state index in [-0.39, 0.29) is 17.4 Å². The minimum atomic E-state index is -3.53. The lowest BCUT2D eigenvalue weighted by molar-refractivity contribution is -0.139. The number of hydrogen-bond acceptors (Lipinski definition) is 4. The number of sulfonamides is 1. The van der Waals surface area contributed by atoms with Gasteiger partial charge in [0.05, 0.1) is 4.90 Å². The van der Waals surface area contributed by atoms with Gasteiger partial charge in [0.15, 0.2) is 6.61 Å². The van der Waals surface area contributed by atoms with E-state index in [0.29, 0.717) is 12.3 Å². The molecule has 0 aromatic heterocycles. The number of aliphatic carboxylic acids is 1. The van der Waals surface area contributed by atoms with Crippen LogP contribution in [0.1, 0.15) is 29.9 Å². The molecule has 0 fully saturated rings. The zero-order valence-electron chi connectivity index (χ0n) is 14.2. The molecule has 0 spiro atoms. The quantitative estimate of drug-likeness (QED) is 0.776. The van der Waals surface area contributed by atoms with Crippen LogP contribution in [0, 0.1) is 0 Å². The fourth-order valence-electron chi connectivity index (χ4n) is 3.23. The molecule has 2 aromatic rings. The molecule has 1 aliphatic rings. The monoisotopic (exact) mass is 375 g/mol. The fourth-order valence-corrected chi connectivity index (χ4v) is 4.33. The summed E-state index contributed by atoms with van der Waals surface area (Å²) >= 11 is 0. The van der Waals surface area contributed by atoms with Crippen LogP contribution >= 0.6 is 0 Å². The Morgan fingerprint density at radius 3 is 2.69 bits per heavy atom. The Labute approximate surface area is 152 Å². The van der Waals surface area contributed by atoms with Crippen molar-refractivity contribution in [1.29, 1.82) is 0 Å². The van der Waals surface area contributed by atoms with Crippen LogP contribution in [0.15, 0.2) is 53.4 Å². The van der Waals surface area contributed by atoms with Crippen molar-refractivity contribution < 1.29 is 23.1 Å². The molecule has 3 rings (SSSR count). The first-order valence-electron chi connectivity index (χ1n) is 8.48. The molecule has 0 amide bonds. The highest BCUT2D eigenvalue weighted by Crippen LogP contribution is 2.33. The van der Waals surface area contributed by atoms with Crippen LogP contribution in [-0.4, -0.2) is 32.6 Å². The molecular weight excluding hydrogens is 354 g/mol. The summed E-state index contributed by atoms with van der Waals surface area (Å²) in [6.07, 6.45) is 2.73. The predicted octanol–water partition coefficient (Wildman–Crippen LogP) is 2.55. The van der Waals surface area contributed by atoms with Crippen LogP contribution in [0.25, 0.3) is 0 Å². The SMILES string of the molecule is O=C(O)COc1ccc2c(c1)CCCC2CNS(=O)(=O)c1ccccc1. The van der Waals surface area contributed by atoms with Gasteiger partial charge < -0.3 is 9.84 Å². The molecule has 0 aliphatic heterocycles. The number of carboxylic acid groups (broad SMARTS) is 1. The van der Waals surface area contributed by atoms with Crippen molar-refractivity contribution in [2.24, 2.45) is 0 Å². The smallest absolute Gasteiger partial charge is 0.341 e. The zero-order chi connectivity index (χ0) is 18.6. The van der Waals surface area contributed by atoms with Crippen LogP contribution < -0.4 is 9.46 Å². The van der Waals surface area contributed by atoms with Crippen molar-refractivity contribution in [1.82, 2.24) is 4.72 Å². The Morgan fingerprint density at radius 2 is 1.96 bits per heavy atom. The first kappa shape index (κ1) is 18.4. The van der Waals surface area contributed by atoms with Gasteiger partial charge >= 0.3 is 5.97 Å². The van der Waals surface area contributed by atoms with Crippen molar-refractivity contribution in [3.8, 4) is 5.75 Å². The van der Waals surface area contributed by atoms with E-state index in [1.807, 2.05) is 12.1 Å². The summed E-state index contributed by atoms with van der Waals surface area (Å²) in [5.41, 5.74) is 2.18. The summed E-state index contributed by atoms with van der Waals surface area (Å²) in [5, 5.41) is 8.71. The Balaban J connectivity index is 1.70. The molecule has 1 atom stereocenters. The second kappa shape index (κ2) is 7.88. The number of carboxylic acids is 1. The van der Waals surface area contributed by atoms with Crippen molar-refractivity contribution in [3.05, 3.63) is 59.7 Å². The molecule has 1 unspecified atom stereocenters. The van der Waals surface area contributed by atoms with Gasteiger partial charge in [0.25, 0.3) is 0 Å². The molecule has 138 valence electrons. The summed E-state index contributed by atoms with van der Waals surface area (Å²) in [6.45, 7) is -0.0430. The highest BCUT2D eigenvalue weighted by Gasteiger charge is 2.23. The van der Waals surface area contributed by atoms with Gasteiger partial charge in [-0.15, -0.1) is 0 Å². The van der Waals surface area contributed by atoms with Crippen molar-refractivity contribution in [3.63, 3.8) is 0 Å². The Morgan fingerprint density at radius 1 is 1.19 bits per heavy atom. The number of rotatable bonds is 7. The van der Waals surface area contributed by atoms with Gasteiger partial charge in [-0.1, -0.05) is 24.3 Å². The molecular formula is C19H21NO5S. The predicted molar refractivity (Wildman–Crippen MR) is 96.9 cm³/mol. The molecule has 2 aromatic carbocycles. The standard InChI is InChI=1S/C19H21NO5S/c21-19(22)13-25-16-9-10-18-14(11-16)5-4-6-15(18)12-20-26(23,24)17-7-2-1-3-8-17/h1-3,7-11,15,20H,4-6,12-13H2,(H,21,22). The van der Waals surface area contributed by atoms with Gasteiger partial charge in [-0.3, -0.25) is 0 Å². The average molecular weight is 375 g/mol. The van der Waals surface area contributed by atoms with Crippen LogP contribution in [0.5, 0.6) is 5.75 Å². The molecule has 0 saturated heterocycles. The molecule has 7 heteroatoms. The van der Waals surface area contributed by atoms with Crippen LogP contribution in [-0.2, 0) is 21.2 Å². The first-order valence-corrected chi connectivity index (χ1v) is 9.96. The highest BCUT2D eigenvalue weighted by atomic mass is 32.2.